The average Bonchev–Trinajstić information content (AvgIpc) is 2.61. The number of amides is 1. The van der Waals surface area contributed by atoms with E-state index >= 15 is 0 Å². The SMILES string of the molecule is N[C@H](C(=O)Nc1ccc(NS(=O)(=O)CCC(F)(F)F)cc1)C1CCCCC1. The van der Waals surface area contributed by atoms with Gasteiger partial charge in [0.15, 0.2) is 0 Å². The number of hydrogen-bond donors (Lipinski definition) is 3. The predicted octanol–water partition coefficient (Wildman–Crippen LogP) is 3.23. The third-order valence-corrected chi connectivity index (χ3v) is 5.83. The second-order valence-electron chi connectivity index (χ2n) is 6.78. The van der Waals surface area contributed by atoms with Crippen LogP contribution < -0.4 is 15.8 Å². The van der Waals surface area contributed by atoms with E-state index in [1.54, 1.807) is 0 Å². The highest BCUT2D eigenvalue weighted by atomic mass is 32.2. The second kappa shape index (κ2) is 8.92. The normalized spacial score (nSPS) is 17.3. The Bertz CT molecular complexity index is 730. The number of nitrogens with two attached hydrogens (primary N) is 1. The van der Waals surface area contributed by atoms with Crippen LogP contribution in [-0.2, 0) is 14.8 Å². The Hall–Kier alpha value is -1.81. The van der Waals surface area contributed by atoms with Gasteiger partial charge in [-0.15, -0.1) is 0 Å². The number of hydrogen-bond acceptors (Lipinski definition) is 4. The van der Waals surface area contributed by atoms with Crippen molar-refractivity contribution in [1.82, 2.24) is 0 Å². The first-order valence-corrected chi connectivity index (χ1v) is 10.4. The molecule has 1 fully saturated rings. The van der Waals surface area contributed by atoms with E-state index in [1.165, 1.54) is 24.3 Å². The molecule has 0 heterocycles. The van der Waals surface area contributed by atoms with Gasteiger partial charge in [-0.3, -0.25) is 9.52 Å². The van der Waals surface area contributed by atoms with Crippen LogP contribution in [0.2, 0.25) is 0 Å². The van der Waals surface area contributed by atoms with E-state index in [2.05, 4.69) is 10.0 Å². The first kappa shape index (κ1) is 21.5. The molecule has 1 aliphatic rings. The van der Waals surface area contributed by atoms with Gasteiger partial charge in [0.05, 0.1) is 18.2 Å². The van der Waals surface area contributed by atoms with E-state index in [9.17, 15) is 26.4 Å². The molecular weight excluding hydrogens is 383 g/mol. The van der Waals surface area contributed by atoms with Crippen molar-refractivity contribution < 1.29 is 26.4 Å². The van der Waals surface area contributed by atoms with Crippen LogP contribution in [0.4, 0.5) is 24.5 Å². The molecule has 1 aromatic carbocycles. The zero-order chi connectivity index (χ0) is 20.1. The number of rotatable bonds is 7. The summed E-state index contributed by atoms with van der Waals surface area (Å²) in [6.07, 6.45) is -0.829. The van der Waals surface area contributed by atoms with Crippen LogP contribution in [-0.4, -0.2) is 32.3 Å². The minimum atomic E-state index is -4.54. The molecule has 0 bridgehead atoms. The molecule has 152 valence electrons. The highest BCUT2D eigenvalue weighted by Gasteiger charge is 2.30. The molecule has 0 aliphatic heterocycles. The van der Waals surface area contributed by atoms with Crippen molar-refractivity contribution in [3.63, 3.8) is 0 Å². The second-order valence-corrected chi connectivity index (χ2v) is 8.62. The smallest absolute Gasteiger partial charge is 0.325 e. The summed E-state index contributed by atoms with van der Waals surface area (Å²) in [6.45, 7) is 0. The molecule has 10 heteroatoms. The van der Waals surface area contributed by atoms with E-state index in [1.807, 2.05) is 0 Å². The van der Waals surface area contributed by atoms with Crippen molar-refractivity contribution in [2.45, 2.75) is 50.7 Å². The molecule has 0 saturated heterocycles. The number of carbonyl (C=O) groups is 1. The molecule has 2 rings (SSSR count). The molecule has 1 saturated carbocycles. The summed E-state index contributed by atoms with van der Waals surface area (Å²) in [5.41, 5.74) is 6.58. The zero-order valence-electron chi connectivity index (χ0n) is 14.8. The number of anilines is 2. The Labute approximate surface area is 156 Å². The molecule has 27 heavy (non-hydrogen) atoms. The number of sulfonamides is 1. The van der Waals surface area contributed by atoms with E-state index in [0.717, 1.165) is 32.1 Å². The van der Waals surface area contributed by atoms with E-state index in [-0.39, 0.29) is 17.5 Å². The predicted molar refractivity (Wildman–Crippen MR) is 97.7 cm³/mol. The van der Waals surface area contributed by atoms with Crippen molar-refractivity contribution in [2.75, 3.05) is 15.8 Å². The lowest BCUT2D eigenvalue weighted by Gasteiger charge is -2.26. The Balaban J connectivity index is 1.89. The van der Waals surface area contributed by atoms with Gasteiger partial charge in [0.25, 0.3) is 0 Å². The van der Waals surface area contributed by atoms with Gasteiger partial charge in [-0.25, -0.2) is 8.42 Å². The van der Waals surface area contributed by atoms with E-state index in [0.29, 0.717) is 5.69 Å². The van der Waals surface area contributed by atoms with Gasteiger partial charge in [-0.1, -0.05) is 19.3 Å². The minimum absolute atomic E-state index is 0.117. The minimum Gasteiger partial charge on any atom is -0.325 e. The van der Waals surface area contributed by atoms with Crippen molar-refractivity contribution in [2.24, 2.45) is 11.7 Å². The molecule has 1 amide bonds. The maximum atomic E-state index is 12.3. The highest BCUT2D eigenvalue weighted by molar-refractivity contribution is 7.92. The van der Waals surface area contributed by atoms with E-state index < -0.39 is 34.4 Å². The molecule has 0 unspecified atom stereocenters. The molecule has 1 atom stereocenters. The monoisotopic (exact) mass is 407 g/mol. The summed E-state index contributed by atoms with van der Waals surface area (Å²) in [5.74, 6) is -1.20. The van der Waals surface area contributed by atoms with Crippen molar-refractivity contribution in [1.29, 1.82) is 0 Å². The van der Waals surface area contributed by atoms with Crippen LogP contribution in [0, 0.1) is 5.92 Å². The molecule has 0 spiro atoms. The number of benzene rings is 1. The standard InChI is InChI=1S/C17H24F3N3O3S/c18-17(19,20)10-11-27(25,26)23-14-8-6-13(7-9-14)22-16(24)15(21)12-4-2-1-3-5-12/h6-9,12,15,23H,1-5,10-11,21H2,(H,22,24)/t15-/m0/s1. The van der Waals surface area contributed by atoms with Crippen LogP contribution in [0.15, 0.2) is 24.3 Å². The largest absolute Gasteiger partial charge is 0.390 e. The molecule has 0 aromatic heterocycles. The molecule has 1 aliphatic carbocycles. The number of halogens is 3. The number of alkyl halides is 3. The fourth-order valence-electron chi connectivity index (χ4n) is 3.04. The lowest BCUT2D eigenvalue weighted by molar-refractivity contribution is -0.130. The fraction of sp³-hybridized carbons (Fsp3) is 0.588. The van der Waals surface area contributed by atoms with Crippen LogP contribution in [0.1, 0.15) is 38.5 Å². The summed E-state index contributed by atoms with van der Waals surface area (Å²) >= 11 is 0. The molecule has 1 aromatic rings. The van der Waals surface area contributed by atoms with Crippen LogP contribution >= 0.6 is 0 Å². The summed E-state index contributed by atoms with van der Waals surface area (Å²) in [7, 11) is -4.11. The molecule has 6 nitrogen and oxygen atoms in total. The van der Waals surface area contributed by atoms with Gasteiger partial charge >= 0.3 is 6.18 Å². The summed E-state index contributed by atoms with van der Waals surface area (Å²) < 4.78 is 61.9. The zero-order valence-corrected chi connectivity index (χ0v) is 15.6. The fourth-order valence-corrected chi connectivity index (χ4v) is 4.13. The maximum Gasteiger partial charge on any atom is 0.390 e. The molecular formula is C17H24F3N3O3S. The van der Waals surface area contributed by atoms with Crippen LogP contribution in [0.25, 0.3) is 0 Å². The number of nitrogens with one attached hydrogen (secondary N) is 2. The highest BCUT2D eigenvalue weighted by Crippen LogP contribution is 2.26. The Morgan fingerprint density at radius 1 is 1.11 bits per heavy atom. The first-order valence-electron chi connectivity index (χ1n) is 8.79. The van der Waals surface area contributed by atoms with Gasteiger partial charge in [0, 0.05) is 11.4 Å². The van der Waals surface area contributed by atoms with Crippen molar-refractivity contribution >= 4 is 27.3 Å². The van der Waals surface area contributed by atoms with Gasteiger partial charge < -0.3 is 11.1 Å². The van der Waals surface area contributed by atoms with Crippen molar-refractivity contribution in [3.05, 3.63) is 24.3 Å². The van der Waals surface area contributed by atoms with Gasteiger partial charge in [-0.05, 0) is 43.0 Å². The van der Waals surface area contributed by atoms with Crippen LogP contribution in [0.5, 0.6) is 0 Å². The summed E-state index contributed by atoms with van der Waals surface area (Å²) in [6, 6.07) is 5.06. The average molecular weight is 407 g/mol. The third-order valence-electron chi connectivity index (χ3n) is 4.54. The Kier molecular flexibility index (Phi) is 7.10. The first-order chi connectivity index (χ1) is 12.6. The van der Waals surface area contributed by atoms with Gasteiger partial charge in [0.1, 0.15) is 0 Å². The van der Waals surface area contributed by atoms with Crippen molar-refractivity contribution in [3.8, 4) is 0 Å². The molecule has 4 N–H and O–H groups in total. The topological polar surface area (TPSA) is 101 Å². The number of carbonyl (C=O) groups excluding carboxylic acids is 1. The Morgan fingerprint density at radius 3 is 2.22 bits per heavy atom. The quantitative estimate of drug-likeness (QED) is 0.646. The van der Waals surface area contributed by atoms with E-state index in [4.69, 9.17) is 5.73 Å². The summed E-state index contributed by atoms with van der Waals surface area (Å²) in [4.78, 5) is 12.3. The lowest BCUT2D eigenvalue weighted by Crippen LogP contribution is -2.42. The lowest BCUT2D eigenvalue weighted by atomic mass is 9.84. The Morgan fingerprint density at radius 2 is 1.67 bits per heavy atom. The van der Waals surface area contributed by atoms with Gasteiger partial charge in [0.2, 0.25) is 15.9 Å². The summed E-state index contributed by atoms with van der Waals surface area (Å²) in [5, 5.41) is 2.68. The van der Waals surface area contributed by atoms with Gasteiger partial charge in [-0.2, -0.15) is 13.2 Å². The molecule has 0 radical (unpaired) electrons. The van der Waals surface area contributed by atoms with Crippen LogP contribution in [0.3, 0.4) is 0 Å². The maximum absolute atomic E-state index is 12.3. The third kappa shape index (κ3) is 7.37.